The first-order chi connectivity index (χ1) is 13.6. The van der Waals surface area contributed by atoms with Crippen LogP contribution >= 0.6 is 11.6 Å². The van der Waals surface area contributed by atoms with Crippen LogP contribution in [0.5, 0.6) is 5.75 Å². The molecule has 1 saturated heterocycles. The number of carbonyl (C=O) groups is 1. The molecule has 1 amide bonds. The monoisotopic (exact) mass is 388 g/mol. The molecule has 5 heteroatoms. The van der Waals surface area contributed by atoms with Crippen LogP contribution in [0.4, 0.5) is 5.69 Å². The highest BCUT2D eigenvalue weighted by atomic mass is 35.5. The van der Waals surface area contributed by atoms with Crippen molar-refractivity contribution < 1.29 is 9.90 Å². The molecule has 3 aromatic carbocycles. The highest BCUT2D eigenvalue weighted by Gasteiger charge is 2.49. The number of nitrogens with zero attached hydrogens (tertiary/aromatic N) is 1. The smallest absolute Gasteiger partial charge is 0.248 e. The van der Waals surface area contributed by atoms with E-state index in [1.54, 1.807) is 17.0 Å². The van der Waals surface area contributed by atoms with Crippen LogP contribution in [0.3, 0.4) is 0 Å². The lowest BCUT2D eigenvalue weighted by molar-refractivity contribution is -0.123. The molecule has 2 heterocycles. The first kappa shape index (κ1) is 16.9. The Balaban J connectivity index is 1.71. The third-order valence-electron chi connectivity index (χ3n) is 5.25. The predicted molar refractivity (Wildman–Crippen MR) is 112 cm³/mol. The lowest BCUT2D eigenvalue weighted by atomic mass is 9.91. The number of carbonyl (C=O) groups excluding carboxylic acids is 1. The number of halogens is 1. The Morgan fingerprint density at radius 2 is 1.57 bits per heavy atom. The Morgan fingerprint density at radius 1 is 0.893 bits per heavy atom. The Morgan fingerprint density at radius 3 is 2.32 bits per heavy atom. The van der Waals surface area contributed by atoms with Gasteiger partial charge in [-0.05, 0) is 23.8 Å². The number of anilines is 1. The first-order valence-electron chi connectivity index (χ1n) is 9.07. The standard InChI is InChI=1S/C23H17ClN2O2/c24-19-21(15-10-12-16(27)13-11-15)26(23(19)28)22-17-8-4-5-9-18(17)25-20(22)14-6-2-1-3-7-14/h1-13,19,21,25,27H. The van der Waals surface area contributed by atoms with Gasteiger partial charge in [-0.1, -0.05) is 60.7 Å². The van der Waals surface area contributed by atoms with Gasteiger partial charge >= 0.3 is 0 Å². The topological polar surface area (TPSA) is 56.3 Å². The van der Waals surface area contributed by atoms with Gasteiger partial charge in [0.2, 0.25) is 5.91 Å². The van der Waals surface area contributed by atoms with Crippen LogP contribution in [0, 0.1) is 0 Å². The molecule has 2 N–H and O–H groups in total. The zero-order chi connectivity index (χ0) is 19.3. The molecular weight excluding hydrogens is 372 g/mol. The molecule has 4 aromatic rings. The Bertz CT molecular complexity index is 1170. The van der Waals surface area contributed by atoms with Gasteiger partial charge in [0.25, 0.3) is 0 Å². The second kappa shape index (κ2) is 6.43. The number of aromatic amines is 1. The maximum atomic E-state index is 12.9. The Kier molecular flexibility index (Phi) is 3.88. The minimum Gasteiger partial charge on any atom is -0.508 e. The van der Waals surface area contributed by atoms with Gasteiger partial charge in [0, 0.05) is 16.5 Å². The zero-order valence-corrected chi connectivity index (χ0v) is 15.6. The maximum Gasteiger partial charge on any atom is 0.248 e. The number of alkyl halides is 1. The van der Waals surface area contributed by atoms with Crippen LogP contribution in [0.2, 0.25) is 0 Å². The molecule has 5 rings (SSSR count). The number of para-hydroxylation sites is 1. The summed E-state index contributed by atoms with van der Waals surface area (Å²) in [5.74, 6) is 0.0609. The van der Waals surface area contributed by atoms with E-state index < -0.39 is 5.38 Å². The minimum atomic E-state index is -0.637. The fourth-order valence-electron chi connectivity index (χ4n) is 3.88. The van der Waals surface area contributed by atoms with Crippen molar-refractivity contribution in [3.8, 4) is 17.0 Å². The third-order valence-corrected chi connectivity index (χ3v) is 5.67. The van der Waals surface area contributed by atoms with E-state index >= 15 is 0 Å². The summed E-state index contributed by atoms with van der Waals surface area (Å²) in [6.07, 6.45) is 0. The van der Waals surface area contributed by atoms with Crippen LogP contribution in [-0.4, -0.2) is 21.4 Å². The molecule has 1 aliphatic heterocycles. The summed E-state index contributed by atoms with van der Waals surface area (Å²) in [5, 5.41) is 9.95. The van der Waals surface area contributed by atoms with E-state index in [0.29, 0.717) is 0 Å². The zero-order valence-electron chi connectivity index (χ0n) is 14.8. The van der Waals surface area contributed by atoms with Crippen molar-refractivity contribution in [3.63, 3.8) is 0 Å². The van der Waals surface area contributed by atoms with Crippen molar-refractivity contribution in [3.05, 3.63) is 84.4 Å². The van der Waals surface area contributed by atoms with E-state index in [9.17, 15) is 9.90 Å². The summed E-state index contributed by atoms with van der Waals surface area (Å²) < 4.78 is 0. The highest BCUT2D eigenvalue weighted by molar-refractivity contribution is 6.38. The summed E-state index contributed by atoms with van der Waals surface area (Å²) in [7, 11) is 0. The fraction of sp³-hybridized carbons (Fsp3) is 0.0870. The Labute approximate surface area is 167 Å². The Hall–Kier alpha value is -3.24. The van der Waals surface area contributed by atoms with E-state index in [1.165, 1.54) is 0 Å². The molecule has 2 unspecified atom stereocenters. The van der Waals surface area contributed by atoms with Crippen LogP contribution < -0.4 is 4.90 Å². The minimum absolute atomic E-state index is 0.123. The van der Waals surface area contributed by atoms with Gasteiger partial charge in [0.1, 0.15) is 11.1 Å². The van der Waals surface area contributed by atoms with E-state index in [-0.39, 0.29) is 17.7 Å². The van der Waals surface area contributed by atoms with Gasteiger partial charge in [-0.25, -0.2) is 0 Å². The van der Waals surface area contributed by atoms with Gasteiger partial charge in [-0.2, -0.15) is 0 Å². The van der Waals surface area contributed by atoms with Crippen LogP contribution in [0.1, 0.15) is 11.6 Å². The molecule has 1 aromatic heterocycles. The molecule has 28 heavy (non-hydrogen) atoms. The molecule has 0 saturated carbocycles. The molecule has 0 aliphatic carbocycles. The average Bonchev–Trinajstić information content (AvgIpc) is 3.11. The van der Waals surface area contributed by atoms with Crippen molar-refractivity contribution in [2.75, 3.05) is 4.90 Å². The largest absolute Gasteiger partial charge is 0.508 e. The highest BCUT2D eigenvalue weighted by Crippen LogP contribution is 2.48. The number of β-lactam (4-membered cyclic amide) rings is 1. The van der Waals surface area contributed by atoms with Crippen molar-refractivity contribution in [2.24, 2.45) is 0 Å². The molecule has 0 spiro atoms. The third kappa shape index (κ3) is 2.49. The number of hydrogen-bond donors (Lipinski definition) is 2. The summed E-state index contributed by atoms with van der Waals surface area (Å²) >= 11 is 6.44. The second-order valence-corrected chi connectivity index (χ2v) is 7.38. The van der Waals surface area contributed by atoms with Crippen LogP contribution in [0.25, 0.3) is 22.2 Å². The maximum absolute atomic E-state index is 12.9. The molecular formula is C23H17ClN2O2. The van der Waals surface area contributed by atoms with Crippen LogP contribution in [-0.2, 0) is 4.79 Å². The van der Waals surface area contributed by atoms with Crippen LogP contribution in [0.15, 0.2) is 78.9 Å². The number of phenols is 1. The molecule has 0 radical (unpaired) electrons. The van der Waals surface area contributed by atoms with E-state index in [1.807, 2.05) is 66.7 Å². The summed E-state index contributed by atoms with van der Waals surface area (Å²) in [6, 6.07) is 24.5. The van der Waals surface area contributed by atoms with Gasteiger partial charge in [0.15, 0.2) is 0 Å². The van der Waals surface area contributed by atoms with Gasteiger partial charge in [-0.3, -0.25) is 9.69 Å². The predicted octanol–water partition coefficient (Wildman–Crippen LogP) is 5.24. The summed E-state index contributed by atoms with van der Waals surface area (Å²) in [4.78, 5) is 18.1. The molecule has 0 bridgehead atoms. The number of fused-ring (bicyclic) bond motifs is 1. The normalized spacial score (nSPS) is 19.0. The quantitative estimate of drug-likeness (QED) is 0.372. The molecule has 138 valence electrons. The van der Waals surface area contributed by atoms with Gasteiger partial charge < -0.3 is 10.1 Å². The number of benzene rings is 3. The summed E-state index contributed by atoms with van der Waals surface area (Å²) in [5.41, 5.74) is 4.58. The van der Waals surface area contributed by atoms with Crippen molar-refractivity contribution in [2.45, 2.75) is 11.4 Å². The number of rotatable bonds is 3. The SMILES string of the molecule is O=C1C(Cl)C(c2ccc(O)cc2)N1c1c(-c2ccccc2)[nH]c2ccccc12. The van der Waals surface area contributed by atoms with Crippen molar-refractivity contribution in [1.82, 2.24) is 4.98 Å². The lowest BCUT2D eigenvalue weighted by Gasteiger charge is -2.44. The molecule has 2 atom stereocenters. The second-order valence-electron chi connectivity index (χ2n) is 6.91. The number of aromatic nitrogens is 1. The number of phenolic OH excluding ortho intramolecular Hbond substituents is 1. The van der Waals surface area contributed by atoms with Gasteiger partial charge in [0.05, 0.1) is 17.4 Å². The van der Waals surface area contributed by atoms with E-state index in [4.69, 9.17) is 11.6 Å². The number of aromatic hydroxyl groups is 1. The molecule has 1 aliphatic rings. The molecule has 4 nitrogen and oxygen atoms in total. The van der Waals surface area contributed by atoms with E-state index in [0.717, 1.165) is 33.4 Å². The first-order valence-corrected chi connectivity index (χ1v) is 9.51. The number of amides is 1. The molecule has 1 fully saturated rings. The number of nitrogens with one attached hydrogen (secondary N) is 1. The van der Waals surface area contributed by atoms with Crippen molar-refractivity contribution in [1.29, 1.82) is 0 Å². The van der Waals surface area contributed by atoms with Gasteiger partial charge in [-0.15, -0.1) is 11.6 Å². The summed E-state index contributed by atoms with van der Waals surface area (Å²) in [6.45, 7) is 0. The number of hydrogen-bond acceptors (Lipinski definition) is 2. The fourth-order valence-corrected chi connectivity index (χ4v) is 4.25. The average molecular weight is 389 g/mol. The number of H-pyrrole nitrogens is 1. The van der Waals surface area contributed by atoms with E-state index in [2.05, 4.69) is 4.98 Å². The van der Waals surface area contributed by atoms with Crippen molar-refractivity contribution >= 4 is 34.1 Å². The lowest BCUT2D eigenvalue weighted by Crippen LogP contribution is -2.56.